The molecule has 1 saturated heterocycles. The van der Waals surface area contributed by atoms with Gasteiger partial charge in [-0.15, -0.1) is 0 Å². The zero-order chi connectivity index (χ0) is 25.9. The monoisotopic (exact) mass is 567 g/mol. The van der Waals surface area contributed by atoms with Crippen molar-refractivity contribution in [1.82, 2.24) is 29.6 Å². The summed E-state index contributed by atoms with van der Waals surface area (Å²) in [5.74, 6) is 1.10. The molecule has 0 saturated carbocycles. The number of piperidine rings is 1. The van der Waals surface area contributed by atoms with E-state index in [0.29, 0.717) is 30.4 Å². The highest BCUT2D eigenvalue weighted by molar-refractivity contribution is 9.10. The van der Waals surface area contributed by atoms with Crippen molar-refractivity contribution in [3.8, 4) is 11.4 Å². The number of pyridine rings is 1. The molecule has 0 atom stereocenters. The van der Waals surface area contributed by atoms with Crippen LogP contribution in [-0.2, 0) is 11.3 Å². The largest absolute Gasteiger partial charge is 0.383 e. The molecule has 0 spiro atoms. The molecule has 4 heterocycles. The number of nitrogens with zero attached hydrogens (tertiary/aromatic N) is 4. The van der Waals surface area contributed by atoms with Gasteiger partial charge in [0.1, 0.15) is 11.4 Å². The van der Waals surface area contributed by atoms with E-state index in [9.17, 15) is 4.79 Å². The van der Waals surface area contributed by atoms with Crippen molar-refractivity contribution in [2.24, 2.45) is 0 Å². The summed E-state index contributed by atoms with van der Waals surface area (Å²) in [5.41, 5.74) is 6.37. The number of likely N-dealkylation sites (tertiary alicyclic amines) is 1. The molecule has 3 N–H and O–H groups in total. The third kappa shape index (κ3) is 5.66. The smallest absolute Gasteiger partial charge is 0.261 e. The van der Waals surface area contributed by atoms with E-state index in [2.05, 4.69) is 60.3 Å². The van der Waals surface area contributed by atoms with Crippen LogP contribution in [0.3, 0.4) is 0 Å². The highest BCUT2D eigenvalue weighted by Gasteiger charge is 2.22. The number of aromatic nitrogens is 5. The normalized spacial score (nSPS) is 15.0. The molecule has 1 aliphatic heterocycles. The Bertz CT molecular complexity index is 1410. The summed E-state index contributed by atoms with van der Waals surface area (Å²) in [4.78, 5) is 26.5. The van der Waals surface area contributed by atoms with Gasteiger partial charge >= 0.3 is 0 Å². The van der Waals surface area contributed by atoms with Crippen molar-refractivity contribution in [3.05, 3.63) is 62.2 Å². The van der Waals surface area contributed by atoms with Gasteiger partial charge in [0.15, 0.2) is 0 Å². The topological polar surface area (TPSA) is 104 Å². The summed E-state index contributed by atoms with van der Waals surface area (Å²) in [6.45, 7) is 9.30. The van der Waals surface area contributed by atoms with Crippen LogP contribution >= 0.6 is 15.9 Å². The van der Waals surface area contributed by atoms with E-state index in [-0.39, 0.29) is 5.56 Å². The number of imidazole rings is 1. The number of benzene rings is 1. The van der Waals surface area contributed by atoms with Gasteiger partial charge in [-0.05, 0) is 84.9 Å². The average molecular weight is 569 g/mol. The number of aryl methyl sites for hydroxylation is 2. The number of hydrogen-bond acceptors (Lipinski definition) is 6. The number of H-pyrrole nitrogens is 2. The number of aromatic amines is 2. The molecule has 5 rings (SSSR count). The quantitative estimate of drug-likeness (QED) is 0.276. The summed E-state index contributed by atoms with van der Waals surface area (Å²) in [6, 6.07) is 6.36. The first kappa shape index (κ1) is 25.7. The molecule has 0 radical (unpaired) electrons. The minimum atomic E-state index is -0.178. The maximum Gasteiger partial charge on any atom is 0.261 e. The minimum Gasteiger partial charge on any atom is -0.383 e. The van der Waals surface area contributed by atoms with Crippen molar-refractivity contribution < 1.29 is 4.74 Å². The molecule has 1 fully saturated rings. The third-order valence-corrected chi connectivity index (χ3v) is 7.99. The second-order valence-corrected chi connectivity index (χ2v) is 10.6. The lowest BCUT2D eigenvalue weighted by Crippen LogP contribution is -2.35. The second kappa shape index (κ2) is 11.2. The number of methoxy groups -OCH3 is 1. The van der Waals surface area contributed by atoms with Gasteiger partial charge in [0.05, 0.1) is 40.0 Å². The number of ether oxygens (including phenoxy) is 1. The third-order valence-electron chi connectivity index (χ3n) is 7.21. The van der Waals surface area contributed by atoms with E-state index in [1.807, 2.05) is 23.9 Å². The molecule has 0 unspecified atom stereocenters. The molecule has 10 heteroatoms. The number of anilines is 1. The fourth-order valence-corrected chi connectivity index (χ4v) is 5.47. The molecule has 196 valence electrons. The van der Waals surface area contributed by atoms with Crippen LogP contribution in [0.1, 0.15) is 35.6 Å². The zero-order valence-corrected chi connectivity index (χ0v) is 23.2. The predicted octanol–water partition coefficient (Wildman–Crippen LogP) is 4.43. The Morgan fingerprint density at radius 2 is 2.03 bits per heavy atom. The maximum atomic E-state index is 12.9. The van der Waals surface area contributed by atoms with E-state index in [4.69, 9.17) is 9.72 Å². The summed E-state index contributed by atoms with van der Waals surface area (Å²) < 4.78 is 8.10. The van der Waals surface area contributed by atoms with Gasteiger partial charge in [0.2, 0.25) is 0 Å². The maximum absolute atomic E-state index is 12.9. The number of hydrogen-bond donors (Lipinski definition) is 3. The van der Waals surface area contributed by atoms with E-state index in [1.165, 1.54) is 5.56 Å². The van der Waals surface area contributed by atoms with Gasteiger partial charge < -0.3 is 24.9 Å². The summed E-state index contributed by atoms with van der Waals surface area (Å²) in [7, 11) is 1.76. The predicted molar refractivity (Wildman–Crippen MR) is 150 cm³/mol. The van der Waals surface area contributed by atoms with E-state index in [1.54, 1.807) is 13.3 Å². The molecule has 0 aliphatic carbocycles. The van der Waals surface area contributed by atoms with Crippen molar-refractivity contribution >= 4 is 32.7 Å². The Hall–Kier alpha value is -2.95. The van der Waals surface area contributed by atoms with E-state index in [0.717, 1.165) is 71.5 Å². The molecule has 1 aliphatic rings. The van der Waals surface area contributed by atoms with Crippen LogP contribution in [0.2, 0.25) is 0 Å². The number of nitrogens with one attached hydrogen (secondary N) is 3. The van der Waals surface area contributed by atoms with Crippen molar-refractivity contribution in [2.75, 3.05) is 45.2 Å². The standard InChI is InChI=1S/C27H34BrN7O2/c1-17-14-20(19-5-9-34(10-6-19)12-13-37-3)15-23-25(17)32-26(31-23)24-22(4-7-30-27(24)36)29-8-11-35-16-21(28)18(2)33-35/h4,7,14-16,19H,5-6,8-13H2,1-3H3,(H,31,32)(H2,29,30,36). The first-order valence-corrected chi connectivity index (χ1v) is 13.6. The molecular weight excluding hydrogens is 534 g/mol. The van der Waals surface area contributed by atoms with E-state index < -0.39 is 0 Å². The van der Waals surface area contributed by atoms with Gasteiger partial charge in [-0.3, -0.25) is 9.48 Å². The lowest BCUT2D eigenvalue weighted by atomic mass is 9.88. The van der Waals surface area contributed by atoms with Gasteiger partial charge in [0.25, 0.3) is 5.56 Å². The van der Waals surface area contributed by atoms with Crippen LogP contribution in [0.15, 0.2) is 39.9 Å². The number of rotatable bonds is 9. The van der Waals surface area contributed by atoms with Crippen LogP contribution < -0.4 is 10.9 Å². The molecule has 37 heavy (non-hydrogen) atoms. The average Bonchev–Trinajstić information content (AvgIpc) is 3.45. The second-order valence-electron chi connectivity index (χ2n) is 9.78. The van der Waals surface area contributed by atoms with Gasteiger partial charge in [0, 0.05) is 32.6 Å². The van der Waals surface area contributed by atoms with Crippen LogP contribution in [0.4, 0.5) is 5.69 Å². The van der Waals surface area contributed by atoms with Crippen LogP contribution in [-0.4, -0.2) is 69.5 Å². The molecule has 0 bridgehead atoms. The Morgan fingerprint density at radius 3 is 2.76 bits per heavy atom. The van der Waals surface area contributed by atoms with Crippen molar-refractivity contribution in [3.63, 3.8) is 0 Å². The Labute approximate surface area is 224 Å². The summed E-state index contributed by atoms with van der Waals surface area (Å²) >= 11 is 3.50. The minimum absolute atomic E-state index is 0.178. The number of fused-ring (bicyclic) bond motifs is 1. The fraction of sp³-hybridized carbons (Fsp3) is 0.444. The van der Waals surface area contributed by atoms with E-state index >= 15 is 0 Å². The van der Waals surface area contributed by atoms with Crippen molar-refractivity contribution in [2.45, 2.75) is 39.2 Å². The van der Waals surface area contributed by atoms with Gasteiger partial charge in [-0.1, -0.05) is 6.07 Å². The Balaban J connectivity index is 1.36. The fourth-order valence-electron chi connectivity index (χ4n) is 5.16. The van der Waals surface area contributed by atoms with Gasteiger partial charge in [-0.2, -0.15) is 5.10 Å². The Kier molecular flexibility index (Phi) is 7.78. The molecular formula is C27H34BrN7O2. The van der Waals surface area contributed by atoms with Crippen molar-refractivity contribution in [1.29, 1.82) is 0 Å². The van der Waals surface area contributed by atoms with Crippen LogP contribution in [0.25, 0.3) is 22.4 Å². The molecule has 9 nitrogen and oxygen atoms in total. The number of halogens is 1. The first-order valence-electron chi connectivity index (χ1n) is 12.8. The lowest BCUT2D eigenvalue weighted by molar-refractivity contribution is 0.130. The molecule has 3 aromatic heterocycles. The highest BCUT2D eigenvalue weighted by atomic mass is 79.9. The Morgan fingerprint density at radius 1 is 1.22 bits per heavy atom. The summed E-state index contributed by atoms with van der Waals surface area (Å²) in [6.07, 6.45) is 5.88. The van der Waals surface area contributed by atoms with Crippen LogP contribution in [0, 0.1) is 13.8 Å². The highest BCUT2D eigenvalue weighted by Crippen LogP contribution is 2.33. The van der Waals surface area contributed by atoms with Crippen LogP contribution in [0.5, 0.6) is 0 Å². The summed E-state index contributed by atoms with van der Waals surface area (Å²) in [5, 5.41) is 7.88. The lowest BCUT2D eigenvalue weighted by Gasteiger charge is -2.32. The zero-order valence-electron chi connectivity index (χ0n) is 21.6. The molecule has 0 amide bonds. The molecule has 4 aromatic rings. The van der Waals surface area contributed by atoms with Gasteiger partial charge in [-0.25, -0.2) is 4.98 Å². The first-order chi connectivity index (χ1) is 17.9. The SMILES string of the molecule is COCCN1CCC(c2cc(C)c3nc(-c4c(NCCn5cc(Br)c(C)n5)cc[nH]c4=O)[nH]c3c2)CC1. The molecule has 1 aromatic carbocycles.